The molecule has 0 aliphatic heterocycles. The summed E-state index contributed by atoms with van der Waals surface area (Å²) in [6.07, 6.45) is 11.6. The number of hydrogen-bond donors (Lipinski definition) is 0. The quantitative estimate of drug-likeness (QED) is 0.255. The summed E-state index contributed by atoms with van der Waals surface area (Å²) in [5, 5.41) is 2.24. The van der Waals surface area contributed by atoms with Gasteiger partial charge < -0.3 is 0 Å². The molecule has 0 bridgehead atoms. The predicted molar refractivity (Wildman–Crippen MR) is 143 cm³/mol. The molecule has 0 N–H and O–H groups in total. The minimum absolute atomic E-state index is 0.851. The third kappa shape index (κ3) is 3.85. The number of fused-ring (bicyclic) bond motifs is 1. The maximum Gasteiger partial charge on any atom is 0.0406 e. The van der Waals surface area contributed by atoms with Crippen LogP contribution in [-0.4, -0.2) is 0 Å². The van der Waals surface area contributed by atoms with Gasteiger partial charge >= 0.3 is 0 Å². The Morgan fingerprint density at radius 1 is 0.412 bits per heavy atom. The van der Waals surface area contributed by atoms with Crippen molar-refractivity contribution in [3.8, 4) is 58.8 Å². The van der Waals surface area contributed by atoms with Gasteiger partial charge in [-0.3, -0.25) is 0 Å². The number of benzene rings is 5. The summed E-state index contributed by atoms with van der Waals surface area (Å²) < 4.78 is 0. The Bertz CT molecular complexity index is 1670. The van der Waals surface area contributed by atoms with Crippen molar-refractivity contribution in [3.63, 3.8) is 0 Å². The van der Waals surface area contributed by atoms with Crippen molar-refractivity contribution in [2.75, 3.05) is 0 Å². The SMILES string of the molecule is C#Cc1ccccc1-c1ccccc1C#Cc1c(-c2ccccc2C#C)ccc2ccccc12. The van der Waals surface area contributed by atoms with E-state index in [9.17, 15) is 0 Å². The molecule has 0 nitrogen and oxygen atoms in total. The highest BCUT2D eigenvalue weighted by atomic mass is 14.1. The standard InChI is InChI=1S/C34H20/c1-3-25-13-5-9-17-29(25)31-19-11-7-15-27(31)21-24-34-32-20-12-8-16-28(32)22-23-33(34)30-18-10-6-14-26(30)4-2/h1-2,5-20,22-23H. The van der Waals surface area contributed by atoms with Crippen molar-refractivity contribution in [2.45, 2.75) is 0 Å². The largest absolute Gasteiger partial charge is 0.115 e. The van der Waals surface area contributed by atoms with Crippen LogP contribution < -0.4 is 0 Å². The topological polar surface area (TPSA) is 0 Å². The summed E-state index contributed by atoms with van der Waals surface area (Å²) >= 11 is 0. The van der Waals surface area contributed by atoms with Gasteiger partial charge in [0.25, 0.3) is 0 Å². The molecular formula is C34H20. The number of hydrogen-bond acceptors (Lipinski definition) is 0. The molecule has 0 heterocycles. The van der Waals surface area contributed by atoms with E-state index in [4.69, 9.17) is 12.8 Å². The maximum atomic E-state index is 5.83. The zero-order valence-electron chi connectivity index (χ0n) is 18.5. The molecule has 0 spiro atoms. The van der Waals surface area contributed by atoms with Crippen LogP contribution >= 0.6 is 0 Å². The van der Waals surface area contributed by atoms with Crippen LogP contribution in [0.3, 0.4) is 0 Å². The molecule has 5 aromatic carbocycles. The zero-order chi connectivity index (χ0) is 23.3. The minimum atomic E-state index is 0.851. The summed E-state index contributed by atoms with van der Waals surface area (Å²) in [7, 11) is 0. The maximum absolute atomic E-state index is 5.83. The lowest BCUT2D eigenvalue weighted by atomic mass is 9.91. The molecule has 0 atom stereocenters. The summed E-state index contributed by atoms with van der Waals surface area (Å²) in [6, 6.07) is 36.6. The Morgan fingerprint density at radius 2 is 0.912 bits per heavy atom. The van der Waals surface area contributed by atoms with Crippen LogP contribution in [0.5, 0.6) is 0 Å². The average Bonchev–Trinajstić information content (AvgIpc) is 2.91. The molecule has 0 amide bonds. The molecule has 0 aromatic heterocycles. The predicted octanol–water partition coefficient (Wildman–Crippen LogP) is 7.54. The Balaban J connectivity index is 1.75. The Morgan fingerprint density at radius 3 is 1.56 bits per heavy atom. The van der Waals surface area contributed by atoms with Crippen molar-refractivity contribution >= 4 is 10.8 Å². The number of rotatable bonds is 2. The molecule has 0 saturated carbocycles. The van der Waals surface area contributed by atoms with Gasteiger partial charge in [0.2, 0.25) is 0 Å². The molecule has 0 heteroatoms. The molecule has 0 aliphatic carbocycles. The van der Waals surface area contributed by atoms with Gasteiger partial charge in [-0.2, -0.15) is 0 Å². The molecule has 0 fully saturated rings. The van der Waals surface area contributed by atoms with Crippen LogP contribution in [0.15, 0.2) is 109 Å². The van der Waals surface area contributed by atoms with E-state index >= 15 is 0 Å². The van der Waals surface area contributed by atoms with Gasteiger partial charge in [-0.15, -0.1) is 12.8 Å². The molecule has 156 valence electrons. The highest BCUT2D eigenvalue weighted by Crippen LogP contribution is 2.32. The van der Waals surface area contributed by atoms with Gasteiger partial charge in [-0.25, -0.2) is 0 Å². The van der Waals surface area contributed by atoms with Gasteiger partial charge in [0.1, 0.15) is 0 Å². The van der Waals surface area contributed by atoms with E-state index in [1.54, 1.807) is 0 Å². The zero-order valence-corrected chi connectivity index (χ0v) is 18.5. The third-order valence-electron chi connectivity index (χ3n) is 5.92. The van der Waals surface area contributed by atoms with Gasteiger partial charge in [0.05, 0.1) is 0 Å². The van der Waals surface area contributed by atoms with E-state index in [1.807, 2.05) is 72.8 Å². The summed E-state index contributed by atoms with van der Waals surface area (Å²) in [6.45, 7) is 0. The van der Waals surface area contributed by atoms with Crippen LogP contribution in [0.25, 0.3) is 33.0 Å². The van der Waals surface area contributed by atoms with Crippen molar-refractivity contribution in [3.05, 3.63) is 131 Å². The first-order valence-electron chi connectivity index (χ1n) is 11.0. The van der Waals surface area contributed by atoms with E-state index in [-0.39, 0.29) is 0 Å². The van der Waals surface area contributed by atoms with Gasteiger partial charge in [0.15, 0.2) is 0 Å². The first-order chi connectivity index (χ1) is 16.8. The fourth-order valence-corrected chi connectivity index (χ4v) is 4.28. The molecule has 5 aromatic rings. The van der Waals surface area contributed by atoms with E-state index in [1.165, 1.54) is 0 Å². The van der Waals surface area contributed by atoms with E-state index in [0.717, 1.165) is 55.3 Å². The molecule has 0 aliphatic rings. The lowest BCUT2D eigenvalue weighted by Gasteiger charge is -2.11. The first-order valence-corrected chi connectivity index (χ1v) is 11.0. The second-order valence-electron chi connectivity index (χ2n) is 7.88. The van der Waals surface area contributed by atoms with Crippen LogP contribution in [0.2, 0.25) is 0 Å². The average molecular weight is 429 g/mol. The van der Waals surface area contributed by atoms with Crippen molar-refractivity contribution < 1.29 is 0 Å². The monoisotopic (exact) mass is 428 g/mol. The number of terminal acetylenes is 2. The Labute approximate surface area is 200 Å². The Kier molecular flexibility index (Phi) is 5.70. The van der Waals surface area contributed by atoms with Gasteiger partial charge in [-0.05, 0) is 51.2 Å². The van der Waals surface area contributed by atoms with Crippen LogP contribution in [0.1, 0.15) is 22.3 Å². The smallest absolute Gasteiger partial charge is 0.0406 e. The molecule has 5 rings (SSSR count). The van der Waals surface area contributed by atoms with Crippen LogP contribution in [-0.2, 0) is 0 Å². The van der Waals surface area contributed by atoms with E-state index < -0.39 is 0 Å². The highest BCUT2D eigenvalue weighted by molar-refractivity contribution is 5.96. The second kappa shape index (κ2) is 9.27. The highest BCUT2D eigenvalue weighted by Gasteiger charge is 2.11. The lowest BCUT2D eigenvalue weighted by Crippen LogP contribution is -1.91. The van der Waals surface area contributed by atoms with E-state index in [2.05, 4.69) is 60.1 Å². The van der Waals surface area contributed by atoms with Crippen LogP contribution in [0, 0.1) is 36.5 Å². The molecule has 34 heavy (non-hydrogen) atoms. The Hall–Kier alpha value is -4.96. The summed E-state index contributed by atoms with van der Waals surface area (Å²) in [5.74, 6) is 12.6. The first kappa shape index (κ1) is 20.9. The second-order valence-corrected chi connectivity index (χ2v) is 7.88. The van der Waals surface area contributed by atoms with E-state index in [0.29, 0.717) is 0 Å². The molecule has 0 radical (unpaired) electrons. The fourth-order valence-electron chi connectivity index (χ4n) is 4.28. The third-order valence-corrected chi connectivity index (χ3v) is 5.92. The molecule has 0 unspecified atom stereocenters. The van der Waals surface area contributed by atoms with Crippen LogP contribution in [0.4, 0.5) is 0 Å². The fraction of sp³-hybridized carbons (Fsp3) is 0. The summed E-state index contributed by atoms with van der Waals surface area (Å²) in [5.41, 5.74) is 7.65. The van der Waals surface area contributed by atoms with Gasteiger partial charge in [0, 0.05) is 22.3 Å². The van der Waals surface area contributed by atoms with Gasteiger partial charge in [-0.1, -0.05) is 115 Å². The molecular weight excluding hydrogens is 408 g/mol. The van der Waals surface area contributed by atoms with Crippen molar-refractivity contribution in [1.29, 1.82) is 0 Å². The summed E-state index contributed by atoms with van der Waals surface area (Å²) in [4.78, 5) is 0. The normalized spacial score (nSPS) is 10.1. The van der Waals surface area contributed by atoms with Crippen molar-refractivity contribution in [1.82, 2.24) is 0 Å². The minimum Gasteiger partial charge on any atom is -0.115 e. The van der Waals surface area contributed by atoms with Crippen molar-refractivity contribution in [2.24, 2.45) is 0 Å². The molecule has 0 saturated heterocycles. The lowest BCUT2D eigenvalue weighted by molar-refractivity contribution is 1.55.